The molecule has 0 amide bonds. The summed E-state index contributed by atoms with van der Waals surface area (Å²) < 4.78 is 51.6. The van der Waals surface area contributed by atoms with Crippen molar-refractivity contribution >= 4 is 33.9 Å². The van der Waals surface area contributed by atoms with Crippen molar-refractivity contribution in [3.63, 3.8) is 0 Å². The monoisotopic (exact) mass is 551 g/mol. The van der Waals surface area contributed by atoms with Crippen LogP contribution in [-0.4, -0.2) is 28.3 Å². The summed E-state index contributed by atoms with van der Waals surface area (Å²) >= 11 is 5.78. The Morgan fingerprint density at radius 2 is 1.74 bits per heavy atom. The zero-order valence-corrected chi connectivity index (χ0v) is 21.4. The van der Waals surface area contributed by atoms with E-state index < -0.39 is 17.3 Å². The number of thiocarbonyl (C=S) groups is 1. The van der Waals surface area contributed by atoms with Gasteiger partial charge in [0.1, 0.15) is 6.26 Å². The first-order chi connectivity index (χ1) is 18.8. The molecule has 2 heterocycles. The van der Waals surface area contributed by atoms with Gasteiger partial charge < -0.3 is 24.7 Å². The number of aromatic nitrogens is 1. The molecular formula is C29H24F3N3O3S. The topological polar surface area (TPSA) is 66.6 Å². The fourth-order valence-electron chi connectivity index (χ4n) is 4.40. The number of halogens is 3. The van der Waals surface area contributed by atoms with Crippen LogP contribution < -0.4 is 10.9 Å². The number of H-pyrrole nitrogens is 1. The van der Waals surface area contributed by atoms with Gasteiger partial charge in [0.05, 0.1) is 12.1 Å². The number of para-hydroxylation sites is 1. The summed E-state index contributed by atoms with van der Waals surface area (Å²) in [7, 11) is 0. The number of benzene rings is 3. The maximum absolute atomic E-state index is 13.6. The van der Waals surface area contributed by atoms with Gasteiger partial charge in [-0.2, -0.15) is 13.2 Å². The molecule has 2 N–H and O–H groups in total. The summed E-state index contributed by atoms with van der Waals surface area (Å²) in [4.78, 5) is 16.2. The number of alkyl halides is 3. The van der Waals surface area contributed by atoms with E-state index in [9.17, 15) is 18.0 Å². The lowest BCUT2D eigenvalue weighted by Crippen LogP contribution is -2.36. The number of hydrogen-bond donors (Lipinski definition) is 2. The molecule has 6 nitrogen and oxygen atoms in total. The molecule has 200 valence electrons. The second kappa shape index (κ2) is 11.2. The van der Waals surface area contributed by atoms with Gasteiger partial charge in [-0.1, -0.05) is 54.6 Å². The van der Waals surface area contributed by atoms with Gasteiger partial charge in [0, 0.05) is 29.2 Å². The lowest BCUT2D eigenvalue weighted by Gasteiger charge is -2.26. The van der Waals surface area contributed by atoms with Crippen LogP contribution in [0.3, 0.4) is 0 Å². The van der Waals surface area contributed by atoms with Crippen molar-refractivity contribution in [3.8, 4) is 0 Å². The van der Waals surface area contributed by atoms with Crippen LogP contribution in [0, 0.1) is 0 Å². The lowest BCUT2D eigenvalue weighted by atomic mass is 9.99. The highest BCUT2D eigenvalue weighted by Gasteiger charge is 2.33. The van der Waals surface area contributed by atoms with Gasteiger partial charge in [0.2, 0.25) is 12.4 Å². The van der Waals surface area contributed by atoms with E-state index in [1.165, 1.54) is 12.1 Å². The molecule has 0 bridgehead atoms. The molecular weight excluding hydrogens is 527 g/mol. The Balaban J connectivity index is 1.40. The average Bonchev–Trinajstić information content (AvgIpc) is 3.42. The van der Waals surface area contributed by atoms with Crippen LogP contribution in [0.5, 0.6) is 0 Å². The van der Waals surface area contributed by atoms with Crippen molar-refractivity contribution in [1.29, 1.82) is 0 Å². The number of hydrogen-bond acceptors (Lipinski definition) is 4. The van der Waals surface area contributed by atoms with Crippen molar-refractivity contribution in [2.24, 2.45) is 0 Å². The Hall–Kier alpha value is -4.31. The number of nitrogens with one attached hydrogen (secondary N) is 2. The molecule has 0 radical (unpaired) electrons. The fraction of sp³-hybridized carbons (Fsp3) is 0.172. The highest BCUT2D eigenvalue weighted by molar-refractivity contribution is 7.80. The quantitative estimate of drug-likeness (QED) is 0.268. The van der Waals surface area contributed by atoms with Crippen molar-refractivity contribution < 1.29 is 22.6 Å². The summed E-state index contributed by atoms with van der Waals surface area (Å²) in [6.07, 6.45) is -2.74. The van der Waals surface area contributed by atoms with E-state index in [0.717, 1.165) is 16.8 Å². The number of rotatable bonds is 7. The predicted octanol–water partition coefficient (Wildman–Crippen LogP) is 6.18. The number of ether oxygens (including phenoxy) is 2. The number of anilines is 1. The largest absolute Gasteiger partial charge is 0.462 e. The smallest absolute Gasteiger partial charge is 0.417 e. The molecule has 5 rings (SSSR count). The molecule has 0 saturated heterocycles. The zero-order chi connectivity index (χ0) is 27.4. The highest BCUT2D eigenvalue weighted by Crippen LogP contribution is 2.34. The van der Waals surface area contributed by atoms with Gasteiger partial charge in [0.15, 0.2) is 10.9 Å². The lowest BCUT2D eigenvalue weighted by molar-refractivity contribution is -0.136. The molecule has 0 spiro atoms. The molecule has 1 aromatic heterocycles. The van der Waals surface area contributed by atoms with Crippen LogP contribution in [0.15, 0.2) is 95.7 Å². The van der Waals surface area contributed by atoms with Gasteiger partial charge in [-0.15, -0.1) is 0 Å². The van der Waals surface area contributed by atoms with E-state index >= 15 is 0 Å². The Labute approximate surface area is 227 Å². The normalized spacial score (nSPS) is 12.9. The number of pyridine rings is 1. The van der Waals surface area contributed by atoms with Crippen LogP contribution in [0.4, 0.5) is 18.9 Å². The third-order valence-corrected chi connectivity index (χ3v) is 6.60. The van der Waals surface area contributed by atoms with Gasteiger partial charge in [-0.05, 0) is 53.5 Å². The first kappa shape index (κ1) is 26.3. The van der Waals surface area contributed by atoms with E-state index in [2.05, 4.69) is 10.3 Å². The summed E-state index contributed by atoms with van der Waals surface area (Å²) in [6, 6.07) is 22.6. The molecule has 0 saturated carbocycles. The first-order valence-corrected chi connectivity index (χ1v) is 12.5. The van der Waals surface area contributed by atoms with Crippen LogP contribution in [0.1, 0.15) is 22.3 Å². The summed E-state index contributed by atoms with van der Waals surface area (Å²) in [6.45, 7) is 1.08. The minimum atomic E-state index is -4.65. The standard InChI is InChI=1S/C29H24F3N3O3S/c30-29(31,32)24-14-27(36)33-26-11-10-20(13-23(24)26)12-21-8-4-5-9-25(21)34-28(39)35(16-22-17-37-18-38-22)15-19-6-2-1-3-7-19/h1-11,13-14,17H,12,15-16,18H2,(H,33,36)(H,34,39). The van der Waals surface area contributed by atoms with Crippen LogP contribution in [-0.2, 0) is 28.6 Å². The number of aromatic amines is 1. The van der Waals surface area contributed by atoms with Crippen molar-refractivity contribution in [2.75, 3.05) is 18.7 Å². The molecule has 0 fully saturated rings. The first-order valence-electron chi connectivity index (χ1n) is 12.1. The van der Waals surface area contributed by atoms with Gasteiger partial charge in [-0.3, -0.25) is 4.79 Å². The second-order valence-corrected chi connectivity index (χ2v) is 9.43. The third kappa shape index (κ3) is 6.40. The van der Waals surface area contributed by atoms with Gasteiger partial charge >= 0.3 is 6.18 Å². The molecule has 4 aromatic rings. The summed E-state index contributed by atoms with van der Waals surface area (Å²) in [5.41, 5.74) is 1.67. The third-order valence-electron chi connectivity index (χ3n) is 6.24. The average molecular weight is 552 g/mol. The molecule has 1 aliphatic heterocycles. The Morgan fingerprint density at radius 1 is 0.974 bits per heavy atom. The van der Waals surface area contributed by atoms with E-state index in [0.29, 0.717) is 42.0 Å². The molecule has 39 heavy (non-hydrogen) atoms. The number of nitrogens with zero attached hydrogens (tertiary/aromatic N) is 1. The Morgan fingerprint density at radius 3 is 2.49 bits per heavy atom. The SMILES string of the molecule is O=c1cc(C(F)(F)F)c2cc(Cc3ccccc3NC(=S)N(CC3=COCO3)Cc3ccccc3)ccc2[nH]1. The maximum Gasteiger partial charge on any atom is 0.417 e. The summed E-state index contributed by atoms with van der Waals surface area (Å²) in [5, 5.41) is 3.71. The molecule has 0 aliphatic carbocycles. The minimum Gasteiger partial charge on any atom is -0.462 e. The minimum absolute atomic E-state index is 0.0540. The zero-order valence-electron chi connectivity index (χ0n) is 20.6. The van der Waals surface area contributed by atoms with Crippen molar-refractivity contribution in [3.05, 3.63) is 123 Å². The van der Waals surface area contributed by atoms with Crippen LogP contribution >= 0.6 is 12.2 Å². The van der Waals surface area contributed by atoms with Crippen LogP contribution in [0.25, 0.3) is 10.9 Å². The fourth-order valence-corrected chi connectivity index (χ4v) is 4.64. The Kier molecular flexibility index (Phi) is 7.56. The molecule has 0 atom stereocenters. The second-order valence-electron chi connectivity index (χ2n) is 9.04. The molecule has 1 aliphatic rings. The summed E-state index contributed by atoms with van der Waals surface area (Å²) in [5.74, 6) is 0.651. The molecule has 3 aromatic carbocycles. The van der Waals surface area contributed by atoms with Crippen molar-refractivity contribution in [1.82, 2.24) is 9.88 Å². The maximum atomic E-state index is 13.6. The van der Waals surface area contributed by atoms with E-state index in [4.69, 9.17) is 21.7 Å². The van der Waals surface area contributed by atoms with Crippen LogP contribution in [0.2, 0.25) is 0 Å². The van der Waals surface area contributed by atoms with Gasteiger partial charge in [-0.25, -0.2) is 0 Å². The van der Waals surface area contributed by atoms with E-state index in [-0.39, 0.29) is 17.7 Å². The van der Waals surface area contributed by atoms with Gasteiger partial charge in [0.25, 0.3) is 0 Å². The van der Waals surface area contributed by atoms with E-state index in [1.807, 2.05) is 59.5 Å². The number of fused-ring (bicyclic) bond motifs is 1. The predicted molar refractivity (Wildman–Crippen MR) is 147 cm³/mol. The van der Waals surface area contributed by atoms with E-state index in [1.54, 1.807) is 12.3 Å². The molecule has 10 heteroatoms. The van der Waals surface area contributed by atoms with Crippen molar-refractivity contribution in [2.45, 2.75) is 19.1 Å². The highest BCUT2D eigenvalue weighted by atomic mass is 32.1. The Bertz CT molecular complexity index is 1590. The molecule has 0 unspecified atom stereocenters.